The van der Waals surface area contributed by atoms with Crippen LogP contribution in [0.25, 0.3) is 0 Å². The quantitative estimate of drug-likeness (QED) is 0.788. The van der Waals surface area contributed by atoms with Gasteiger partial charge in [0.25, 0.3) is 0 Å². The van der Waals surface area contributed by atoms with E-state index in [2.05, 4.69) is 11.9 Å². The second kappa shape index (κ2) is 4.30. The summed E-state index contributed by atoms with van der Waals surface area (Å²) in [5.41, 5.74) is 7.14. The number of nitrogen functional groups attached to an aromatic ring is 1. The molecule has 12 heavy (non-hydrogen) atoms. The normalized spacial score (nSPS) is 10.2. The van der Waals surface area contributed by atoms with Crippen molar-refractivity contribution in [2.45, 2.75) is 24.7 Å². The molecule has 1 rings (SSSR count). The minimum absolute atomic E-state index is 0.148. The van der Waals surface area contributed by atoms with Crippen LogP contribution in [0.4, 0.5) is 9.57 Å². The van der Waals surface area contributed by atoms with Gasteiger partial charge in [-0.3, -0.25) is 4.98 Å². The summed E-state index contributed by atoms with van der Waals surface area (Å²) in [6.45, 7) is 2.05. The van der Waals surface area contributed by atoms with Crippen molar-refractivity contribution in [1.29, 1.82) is 0 Å². The van der Waals surface area contributed by atoms with Gasteiger partial charge in [0, 0.05) is 12.4 Å². The number of aryl methyl sites for hydroxylation is 1. The molecule has 0 bridgehead atoms. The SMILES string of the molecule is CCCc1cncc(SF)c1N. The fourth-order valence-corrected chi connectivity index (χ4v) is 1.34. The van der Waals surface area contributed by atoms with E-state index in [1.807, 2.05) is 0 Å². The van der Waals surface area contributed by atoms with Gasteiger partial charge < -0.3 is 5.73 Å². The summed E-state index contributed by atoms with van der Waals surface area (Å²) < 4.78 is 12.2. The summed E-state index contributed by atoms with van der Waals surface area (Å²) in [5.74, 6) is 0. The van der Waals surface area contributed by atoms with Crippen molar-refractivity contribution in [2.75, 3.05) is 5.73 Å². The zero-order chi connectivity index (χ0) is 8.97. The summed E-state index contributed by atoms with van der Waals surface area (Å²) in [6.07, 6.45) is 4.98. The van der Waals surface area contributed by atoms with Gasteiger partial charge in [-0.2, -0.15) is 3.89 Å². The van der Waals surface area contributed by atoms with Crippen molar-refractivity contribution < 1.29 is 3.89 Å². The van der Waals surface area contributed by atoms with Crippen LogP contribution in [0.2, 0.25) is 0 Å². The third-order valence-electron chi connectivity index (χ3n) is 1.64. The van der Waals surface area contributed by atoms with E-state index < -0.39 is 0 Å². The number of aromatic nitrogens is 1. The monoisotopic (exact) mass is 186 g/mol. The lowest BCUT2D eigenvalue weighted by atomic mass is 10.1. The highest BCUT2D eigenvalue weighted by Gasteiger charge is 2.04. The van der Waals surface area contributed by atoms with Gasteiger partial charge in [0.2, 0.25) is 0 Å². The molecule has 0 aliphatic rings. The number of anilines is 1. The van der Waals surface area contributed by atoms with E-state index >= 15 is 0 Å². The minimum Gasteiger partial charge on any atom is -0.397 e. The Morgan fingerprint density at radius 3 is 2.92 bits per heavy atom. The van der Waals surface area contributed by atoms with Gasteiger partial charge in [0.1, 0.15) is 0 Å². The van der Waals surface area contributed by atoms with Gasteiger partial charge in [0.05, 0.1) is 22.7 Å². The second-order valence-corrected chi connectivity index (χ2v) is 3.13. The zero-order valence-corrected chi connectivity index (χ0v) is 7.70. The molecule has 66 valence electrons. The highest BCUT2D eigenvalue weighted by atomic mass is 32.2. The molecule has 0 fully saturated rings. The molecule has 1 aromatic rings. The molecular formula is C8H11FN2S. The van der Waals surface area contributed by atoms with Gasteiger partial charge in [0.15, 0.2) is 0 Å². The second-order valence-electron chi connectivity index (χ2n) is 2.54. The van der Waals surface area contributed by atoms with Gasteiger partial charge in [-0.05, 0) is 12.0 Å². The standard InChI is InChI=1S/C8H11FN2S/c1-2-3-6-4-11-5-7(12-9)8(6)10/h4-5H,2-3H2,1H3,(H2,10,11). The van der Waals surface area contributed by atoms with Crippen molar-refractivity contribution in [3.05, 3.63) is 18.0 Å². The average Bonchev–Trinajstić information content (AvgIpc) is 2.09. The number of nitrogens with two attached hydrogens (primary N) is 1. The van der Waals surface area contributed by atoms with E-state index in [1.165, 1.54) is 6.20 Å². The highest BCUT2D eigenvalue weighted by Crippen LogP contribution is 2.27. The predicted molar refractivity (Wildman–Crippen MR) is 49.6 cm³/mol. The molecule has 0 atom stereocenters. The lowest BCUT2D eigenvalue weighted by molar-refractivity contribution is 0.903. The van der Waals surface area contributed by atoms with E-state index in [0.717, 1.165) is 18.4 Å². The zero-order valence-electron chi connectivity index (χ0n) is 6.88. The Balaban J connectivity index is 2.97. The van der Waals surface area contributed by atoms with E-state index in [9.17, 15) is 3.89 Å². The van der Waals surface area contributed by atoms with E-state index in [4.69, 9.17) is 5.73 Å². The van der Waals surface area contributed by atoms with Crippen molar-refractivity contribution >= 4 is 17.8 Å². The topological polar surface area (TPSA) is 38.9 Å². The van der Waals surface area contributed by atoms with Crippen LogP contribution < -0.4 is 5.73 Å². The smallest absolute Gasteiger partial charge is 0.0850 e. The van der Waals surface area contributed by atoms with E-state index in [1.54, 1.807) is 6.20 Å². The summed E-state index contributed by atoms with van der Waals surface area (Å²) in [5, 5.41) is 0. The van der Waals surface area contributed by atoms with Crippen molar-refractivity contribution in [2.24, 2.45) is 0 Å². The van der Waals surface area contributed by atoms with Crippen molar-refractivity contribution in [3.8, 4) is 0 Å². The average molecular weight is 186 g/mol. The molecule has 2 nitrogen and oxygen atoms in total. The maximum Gasteiger partial charge on any atom is 0.0850 e. The van der Waals surface area contributed by atoms with E-state index in [0.29, 0.717) is 10.6 Å². The summed E-state index contributed by atoms with van der Waals surface area (Å²) in [4.78, 5) is 4.31. The molecule has 0 spiro atoms. The highest BCUT2D eigenvalue weighted by molar-refractivity contribution is 7.94. The summed E-state index contributed by atoms with van der Waals surface area (Å²) >= 11 is 0.148. The number of pyridine rings is 1. The first kappa shape index (κ1) is 9.32. The first-order valence-corrected chi connectivity index (χ1v) is 4.52. The molecule has 0 amide bonds. The van der Waals surface area contributed by atoms with Crippen LogP contribution in [0, 0.1) is 0 Å². The Morgan fingerprint density at radius 1 is 1.58 bits per heavy atom. The van der Waals surface area contributed by atoms with Crippen molar-refractivity contribution in [3.63, 3.8) is 0 Å². The Hall–Kier alpha value is -0.770. The largest absolute Gasteiger partial charge is 0.397 e. The molecule has 0 aliphatic carbocycles. The Bertz CT molecular complexity index is 265. The Morgan fingerprint density at radius 2 is 2.33 bits per heavy atom. The van der Waals surface area contributed by atoms with Gasteiger partial charge in [-0.15, -0.1) is 0 Å². The van der Waals surface area contributed by atoms with Crippen LogP contribution in [0.5, 0.6) is 0 Å². The summed E-state index contributed by atoms with van der Waals surface area (Å²) in [7, 11) is 0. The van der Waals surface area contributed by atoms with Crippen LogP contribution in [-0.4, -0.2) is 4.98 Å². The number of hydrogen-bond donors (Lipinski definition) is 1. The van der Waals surface area contributed by atoms with Gasteiger partial charge in [-0.1, -0.05) is 13.3 Å². The predicted octanol–water partition coefficient (Wildman–Crippen LogP) is 2.59. The molecule has 0 aliphatic heterocycles. The third-order valence-corrected chi connectivity index (χ3v) is 2.13. The molecule has 1 aromatic heterocycles. The van der Waals surface area contributed by atoms with Crippen LogP contribution in [0.15, 0.2) is 17.3 Å². The van der Waals surface area contributed by atoms with Crippen LogP contribution in [-0.2, 0) is 6.42 Å². The molecule has 0 saturated heterocycles. The first-order chi connectivity index (χ1) is 5.79. The van der Waals surface area contributed by atoms with E-state index in [-0.39, 0.29) is 12.1 Å². The molecule has 4 heteroatoms. The number of halogens is 1. The maximum absolute atomic E-state index is 12.2. The Kier molecular flexibility index (Phi) is 3.34. The molecule has 1 heterocycles. The number of nitrogens with zero attached hydrogens (tertiary/aromatic N) is 1. The third kappa shape index (κ3) is 1.88. The molecule has 0 aromatic carbocycles. The molecule has 0 unspecified atom stereocenters. The van der Waals surface area contributed by atoms with Crippen LogP contribution >= 0.6 is 12.1 Å². The maximum atomic E-state index is 12.2. The van der Waals surface area contributed by atoms with Gasteiger partial charge in [-0.25, -0.2) is 0 Å². The van der Waals surface area contributed by atoms with Crippen LogP contribution in [0.3, 0.4) is 0 Å². The molecule has 0 radical (unpaired) electrons. The fourth-order valence-electron chi connectivity index (χ4n) is 1.02. The lowest BCUT2D eigenvalue weighted by Gasteiger charge is -2.04. The molecule has 2 N–H and O–H groups in total. The fraction of sp³-hybridized carbons (Fsp3) is 0.375. The van der Waals surface area contributed by atoms with Crippen LogP contribution in [0.1, 0.15) is 18.9 Å². The number of hydrogen-bond acceptors (Lipinski definition) is 3. The first-order valence-electron chi connectivity index (χ1n) is 3.80. The summed E-state index contributed by atoms with van der Waals surface area (Å²) in [6, 6.07) is 0. The van der Waals surface area contributed by atoms with Gasteiger partial charge >= 0.3 is 0 Å². The minimum atomic E-state index is 0.148. The molecular weight excluding hydrogens is 175 g/mol. The lowest BCUT2D eigenvalue weighted by Crippen LogP contribution is -1.96. The number of rotatable bonds is 3. The Labute approximate surface area is 75.7 Å². The van der Waals surface area contributed by atoms with Crippen molar-refractivity contribution in [1.82, 2.24) is 4.98 Å². The molecule has 0 saturated carbocycles.